The van der Waals surface area contributed by atoms with Gasteiger partial charge in [-0.05, 0) is 32.2 Å². The summed E-state index contributed by atoms with van der Waals surface area (Å²) in [6, 6.07) is 1.32. The van der Waals surface area contributed by atoms with Gasteiger partial charge in [0.2, 0.25) is 0 Å². The smallest absolute Gasteiger partial charge is 0.0586 e. The highest BCUT2D eigenvalue weighted by atomic mass is 16.5. The summed E-state index contributed by atoms with van der Waals surface area (Å²) in [6.07, 6.45) is 5.61. The summed E-state index contributed by atoms with van der Waals surface area (Å²) in [5, 5.41) is 3.50. The van der Waals surface area contributed by atoms with E-state index in [1.54, 1.807) is 0 Å². The number of nitrogens with one attached hydrogen (secondary N) is 1. The molecule has 0 aromatic heterocycles. The molecule has 0 spiro atoms. The van der Waals surface area contributed by atoms with Crippen LogP contribution in [-0.2, 0) is 4.74 Å². The van der Waals surface area contributed by atoms with Crippen LogP contribution in [0.4, 0.5) is 0 Å². The zero-order valence-electron chi connectivity index (χ0n) is 12.0. The number of hydrogen-bond donors (Lipinski definition) is 1. The first-order chi connectivity index (χ1) is 8.17. The molecule has 0 aromatic rings. The van der Waals surface area contributed by atoms with Crippen LogP contribution >= 0.6 is 0 Å². The molecule has 1 saturated carbocycles. The van der Waals surface area contributed by atoms with Crippen molar-refractivity contribution in [3.05, 3.63) is 0 Å². The highest BCUT2D eigenvalue weighted by molar-refractivity contribution is 4.80. The maximum atomic E-state index is 5.52. The number of ether oxygens (including phenoxy) is 1. The van der Waals surface area contributed by atoms with Crippen LogP contribution in [0.25, 0.3) is 0 Å². The Kier molecular flexibility index (Phi) is 7.09. The third kappa shape index (κ3) is 5.36. The minimum atomic E-state index is 0.487. The zero-order chi connectivity index (χ0) is 12.7. The quantitative estimate of drug-likeness (QED) is 0.741. The van der Waals surface area contributed by atoms with Gasteiger partial charge in [0.25, 0.3) is 0 Å². The summed E-state index contributed by atoms with van der Waals surface area (Å²) in [5.74, 6) is 0. The molecular weight excluding hydrogens is 212 g/mol. The summed E-state index contributed by atoms with van der Waals surface area (Å²) in [5.41, 5.74) is 0. The Morgan fingerprint density at radius 3 is 2.71 bits per heavy atom. The van der Waals surface area contributed by atoms with Gasteiger partial charge in [-0.15, -0.1) is 0 Å². The summed E-state index contributed by atoms with van der Waals surface area (Å²) in [6.45, 7) is 10.1. The van der Waals surface area contributed by atoms with Crippen LogP contribution in [0.15, 0.2) is 0 Å². The molecule has 3 heteroatoms. The van der Waals surface area contributed by atoms with Crippen molar-refractivity contribution >= 4 is 0 Å². The van der Waals surface area contributed by atoms with Crippen molar-refractivity contribution < 1.29 is 4.74 Å². The van der Waals surface area contributed by atoms with E-state index >= 15 is 0 Å². The molecule has 1 fully saturated rings. The van der Waals surface area contributed by atoms with Crippen LogP contribution in [0.3, 0.4) is 0 Å². The van der Waals surface area contributed by atoms with E-state index in [-0.39, 0.29) is 0 Å². The first-order valence-corrected chi connectivity index (χ1v) is 7.17. The molecule has 0 bridgehead atoms. The van der Waals surface area contributed by atoms with Gasteiger partial charge in [0.05, 0.1) is 6.10 Å². The molecule has 1 N–H and O–H groups in total. The third-order valence-electron chi connectivity index (χ3n) is 3.81. The number of rotatable bonds is 7. The topological polar surface area (TPSA) is 24.5 Å². The van der Waals surface area contributed by atoms with E-state index in [0.29, 0.717) is 12.1 Å². The lowest BCUT2D eigenvalue weighted by molar-refractivity contribution is 0.0294. The van der Waals surface area contributed by atoms with E-state index in [2.05, 4.69) is 31.0 Å². The van der Waals surface area contributed by atoms with E-state index in [9.17, 15) is 0 Å². The van der Waals surface area contributed by atoms with Crippen molar-refractivity contribution in [2.45, 2.75) is 64.6 Å². The van der Waals surface area contributed by atoms with Crippen LogP contribution in [0, 0.1) is 0 Å². The normalized spacial score (nSPS) is 25.8. The van der Waals surface area contributed by atoms with Crippen LogP contribution < -0.4 is 5.32 Å². The summed E-state index contributed by atoms with van der Waals surface area (Å²) >= 11 is 0. The zero-order valence-corrected chi connectivity index (χ0v) is 12.0. The molecular formula is C14H30N2O. The summed E-state index contributed by atoms with van der Waals surface area (Å²) in [4.78, 5) is 2.61. The fourth-order valence-corrected chi connectivity index (χ4v) is 2.76. The lowest BCUT2D eigenvalue weighted by Gasteiger charge is -2.36. The molecule has 0 radical (unpaired) electrons. The molecule has 0 amide bonds. The van der Waals surface area contributed by atoms with E-state index in [1.807, 2.05) is 7.11 Å². The van der Waals surface area contributed by atoms with Gasteiger partial charge in [0.15, 0.2) is 0 Å². The molecule has 3 nitrogen and oxygen atoms in total. The van der Waals surface area contributed by atoms with E-state index in [1.165, 1.54) is 25.7 Å². The van der Waals surface area contributed by atoms with Gasteiger partial charge in [-0.25, -0.2) is 0 Å². The Hall–Kier alpha value is -0.120. The Morgan fingerprint density at radius 2 is 2.12 bits per heavy atom. The molecule has 0 heterocycles. The molecule has 0 aliphatic heterocycles. The van der Waals surface area contributed by atoms with Crippen LogP contribution in [-0.4, -0.2) is 49.8 Å². The number of hydrogen-bond acceptors (Lipinski definition) is 3. The Labute approximate surface area is 107 Å². The van der Waals surface area contributed by atoms with E-state index < -0.39 is 0 Å². The molecule has 1 aliphatic carbocycles. The second kappa shape index (κ2) is 8.06. The maximum Gasteiger partial charge on any atom is 0.0586 e. The molecule has 2 unspecified atom stereocenters. The molecule has 0 saturated heterocycles. The molecule has 17 heavy (non-hydrogen) atoms. The van der Waals surface area contributed by atoms with Crippen molar-refractivity contribution in [2.75, 3.05) is 26.7 Å². The predicted molar refractivity (Wildman–Crippen MR) is 73.4 cm³/mol. The van der Waals surface area contributed by atoms with Crippen molar-refractivity contribution in [3.8, 4) is 0 Å². The molecule has 0 aromatic carbocycles. The average Bonchev–Trinajstić information content (AvgIpc) is 2.34. The number of methoxy groups -OCH3 is 1. The Morgan fingerprint density at radius 1 is 1.35 bits per heavy atom. The lowest BCUT2D eigenvalue weighted by atomic mass is 9.91. The first kappa shape index (κ1) is 14.9. The SMILES string of the molecule is CCN(CCNC(C)C)C1CCCC(OC)C1. The van der Waals surface area contributed by atoms with Crippen molar-refractivity contribution in [2.24, 2.45) is 0 Å². The summed E-state index contributed by atoms with van der Waals surface area (Å²) in [7, 11) is 1.85. The first-order valence-electron chi connectivity index (χ1n) is 7.17. The molecule has 1 aliphatic rings. The second-order valence-electron chi connectivity index (χ2n) is 5.42. The fraction of sp³-hybridized carbons (Fsp3) is 1.00. The van der Waals surface area contributed by atoms with Gasteiger partial charge < -0.3 is 10.1 Å². The average molecular weight is 242 g/mol. The van der Waals surface area contributed by atoms with Gasteiger partial charge in [-0.1, -0.05) is 20.8 Å². The van der Waals surface area contributed by atoms with Gasteiger partial charge in [0, 0.05) is 32.3 Å². The number of likely N-dealkylation sites (N-methyl/N-ethyl adjacent to an activating group) is 1. The predicted octanol–water partition coefficient (Wildman–Crippen LogP) is 2.26. The van der Waals surface area contributed by atoms with Gasteiger partial charge in [-0.3, -0.25) is 4.90 Å². The standard InChI is InChI=1S/C14H30N2O/c1-5-16(10-9-15-12(2)3)13-7-6-8-14(11-13)17-4/h12-15H,5-11H2,1-4H3. The lowest BCUT2D eigenvalue weighted by Crippen LogP contribution is -2.44. The van der Waals surface area contributed by atoms with Crippen LogP contribution in [0.1, 0.15) is 46.5 Å². The highest BCUT2D eigenvalue weighted by Crippen LogP contribution is 2.24. The molecule has 1 rings (SSSR count). The number of nitrogens with zero attached hydrogens (tertiary/aromatic N) is 1. The summed E-state index contributed by atoms with van der Waals surface area (Å²) < 4.78 is 5.52. The highest BCUT2D eigenvalue weighted by Gasteiger charge is 2.25. The van der Waals surface area contributed by atoms with E-state index in [0.717, 1.165) is 25.7 Å². The van der Waals surface area contributed by atoms with Gasteiger partial charge in [-0.2, -0.15) is 0 Å². The fourth-order valence-electron chi connectivity index (χ4n) is 2.76. The van der Waals surface area contributed by atoms with E-state index in [4.69, 9.17) is 4.74 Å². The van der Waals surface area contributed by atoms with Crippen molar-refractivity contribution in [1.82, 2.24) is 10.2 Å². The van der Waals surface area contributed by atoms with Crippen LogP contribution in [0.5, 0.6) is 0 Å². The Balaban J connectivity index is 2.32. The van der Waals surface area contributed by atoms with Gasteiger partial charge >= 0.3 is 0 Å². The molecule has 2 atom stereocenters. The second-order valence-corrected chi connectivity index (χ2v) is 5.42. The maximum absolute atomic E-state index is 5.52. The van der Waals surface area contributed by atoms with Crippen molar-refractivity contribution in [3.63, 3.8) is 0 Å². The minimum Gasteiger partial charge on any atom is -0.381 e. The van der Waals surface area contributed by atoms with Gasteiger partial charge in [0.1, 0.15) is 0 Å². The van der Waals surface area contributed by atoms with Crippen LogP contribution in [0.2, 0.25) is 0 Å². The monoisotopic (exact) mass is 242 g/mol. The van der Waals surface area contributed by atoms with Crippen molar-refractivity contribution in [1.29, 1.82) is 0 Å². The third-order valence-corrected chi connectivity index (χ3v) is 3.81. The minimum absolute atomic E-state index is 0.487. The molecule has 102 valence electrons. The Bertz CT molecular complexity index is 197. The largest absolute Gasteiger partial charge is 0.381 e.